The van der Waals surface area contributed by atoms with Crippen molar-refractivity contribution in [1.82, 2.24) is 14.9 Å². The fourth-order valence-corrected chi connectivity index (χ4v) is 4.11. The van der Waals surface area contributed by atoms with E-state index >= 15 is 0 Å². The third-order valence-corrected chi connectivity index (χ3v) is 6.19. The lowest BCUT2D eigenvalue weighted by Gasteiger charge is -2.25. The third kappa shape index (κ3) is 6.41. The molecule has 0 bridgehead atoms. The van der Waals surface area contributed by atoms with Gasteiger partial charge in [-0.25, -0.2) is 13.1 Å². The minimum absolute atomic E-state index is 0.0287. The van der Waals surface area contributed by atoms with E-state index in [1.807, 2.05) is 24.3 Å². The number of nitrogens with zero attached hydrogens (tertiary/aromatic N) is 2. The van der Waals surface area contributed by atoms with Gasteiger partial charge in [-0.1, -0.05) is 6.42 Å². The first kappa shape index (κ1) is 19.2. The molecule has 0 aliphatic heterocycles. The Balaban J connectivity index is 1.82. The molecule has 0 amide bonds. The molecular formula is C16H28N4O2S2. The fraction of sp³-hybridized carbons (Fsp3) is 0.688. The summed E-state index contributed by atoms with van der Waals surface area (Å²) in [4.78, 5) is 6.47. The summed E-state index contributed by atoms with van der Waals surface area (Å²) >= 11 is 1.67. The SMILES string of the molecule is CCNC(=NCCS(=O)(=O)NCC1CCC1)N(C)Cc1ccsc1. The quantitative estimate of drug-likeness (QED) is 0.513. The van der Waals surface area contributed by atoms with E-state index in [2.05, 4.69) is 26.5 Å². The van der Waals surface area contributed by atoms with Gasteiger partial charge in [0, 0.05) is 26.7 Å². The summed E-state index contributed by atoms with van der Waals surface area (Å²) in [5, 5.41) is 7.37. The van der Waals surface area contributed by atoms with Gasteiger partial charge < -0.3 is 10.2 Å². The number of hydrogen-bond donors (Lipinski definition) is 2. The van der Waals surface area contributed by atoms with E-state index in [-0.39, 0.29) is 12.3 Å². The fourth-order valence-electron chi connectivity index (χ4n) is 2.49. The standard InChI is InChI=1S/C16H28N4O2S2/c1-3-17-16(20(2)12-15-7-9-23-13-15)18-8-10-24(21,22)19-11-14-5-4-6-14/h7,9,13-14,19H,3-6,8,10-12H2,1-2H3,(H,17,18). The molecule has 1 aliphatic carbocycles. The predicted octanol–water partition coefficient (Wildman–Crippen LogP) is 1.86. The van der Waals surface area contributed by atoms with Crippen molar-refractivity contribution in [1.29, 1.82) is 0 Å². The van der Waals surface area contributed by atoms with Crippen LogP contribution in [0.2, 0.25) is 0 Å². The maximum Gasteiger partial charge on any atom is 0.213 e. The van der Waals surface area contributed by atoms with E-state index in [9.17, 15) is 8.42 Å². The van der Waals surface area contributed by atoms with Crippen LogP contribution in [0.5, 0.6) is 0 Å². The van der Waals surface area contributed by atoms with Crippen molar-refractivity contribution < 1.29 is 8.42 Å². The maximum atomic E-state index is 12.0. The number of aliphatic imine (C=N–C) groups is 1. The second-order valence-electron chi connectivity index (χ2n) is 6.19. The summed E-state index contributed by atoms with van der Waals surface area (Å²) in [5.74, 6) is 1.29. The van der Waals surface area contributed by atoms with Crippen LogP contribution in [0.3, 0.4) is 0 Å². The second kappa shape index (κ2) is 9.39. The average Bonchev–Trinajstić information content (AvgIpc) is 2.97. The van der Waals surface area contributed by atoms with Crippen molar-refractivity contribution >= 4 is 27.3 Å². The topological polar surface area (TPSA) is 73.8 Å². The molecule has 8 heteroatoms. The number of thiophene rings is 1. The van der Waals surface area contributed by atoms with Crippen molar-refractivity contribution in [3.63, 3.8) is 0 Å². The van der Waals surface area contributed by atoms with Crippen molar-refractivity contribution in [3.05, 3.63) is 22.4 Å². The van der Waals surface area contributed by atoms with Crippen LogP contribution in [-0.2, 0) is 16.6 Å². The molecule has 24 heavy (non-hydrogen) atoms. The molecule has 6 nitrogen and oxygen atoms in total. The molecule has 2 N–H and O–H groups in total. The molecule has 1 saturated carbocycles. The zero-order valence-electron chi connectivity index (χ0n) is 14.5. The highest BCUT2D eigenvalue weighted by atomic mass is 32.2. The minimum atomic E-state index is -3.24. The van der Waals surface area contributed by atoms with Crippen LogP contribution in [0.1, 0.15) is 31.7 Å². The van der Waals surface area contributed by atoms with Crippen LogP contribution >= 0.6 is 11.3 Å². The highest BCUT2D eigenvalue weighted by molar-refractivity contribution is 7.89. The molecule has 0 saturated heterocycles. The lowest BCUT2D eigenvalue weighted by atomic mass is 9.86. The Kier molecular flexibility index (Phi) is 7.51. The summed E-state index contributed by atoms with van der Waals surface area (Å²) in [6.45, 7) is 4.34. The molecule has 0 unspecified atom stereocenters. The summed E-state index contributed by atoms with van der Waals surface area (Å²) in [5.41, 5.74) is 1.22. The normalized spacial score (nSPS) is 16.0. The highest BCUT2D eigenvalue weighted by Crippen LogP contribution is 2.25. The van der Waals surface area contributed by atoms with Gasteiger partial charge in [0.2, 0.25) is 10.0 Å². The molecule has 0 radical (unpaired) electrons. The zero-order valence-corrected chi connectivity index (χ0v) is 16.1. The van der Waals surface area contributed by atoms with Crippen molar-refractivity contribution in [2.45, 2.75) is 32.7 Å². The first-order valence-electron chi connectivity index (χ1n) is 8.48. The van der Waals surface area contributed by atoms with Gasteiger partial charge in [0.15, 0.2) is 5.96 Å². The molecule has 2 rings (SSSR count). The second-order valence-corrected chi connectivity index (χ2v) is 8.89. The zero-order chi connectivity index (χ0) is 17.4. The molecule has 0 atom stereocenters. The Morgan fingerprint density at radius 2 is 2.25 bits per heavy atom. The predicted molar refractivity (Wildman–Crippen MR) is 101 cm³/mol. The van der Waals surface area contributed by atoms with Gasteiger partial charge in [-0.15, -0.1) is 0 Å². The van der Waals surface area contributed by atoms with Gasteiger partial charge in [0.05, 0.1) is 12.3 Å². The summed E-state index contributed by atoms with van der Waals surface area (Å²) in [7, 11) is -1.28. The van der Waals surface area contributed by atoms with E-state index in [4.69, 9.17) is 0 Å². The Hall–Kier alpha value is -1.12. The Bertz CT molecular complexity index is 610. The van der Waals surface area contributed by atoms with Crippen LogP contribution in [0, 0.1) is 5.92 Å². The third-order valence-electron chi connectivity index (χ3n) is 4.13. The molecular weight excluding hydrogens is 344 g/mol. The maximum absolute atomic E-state index is 12.0. The molecule has 0 aromatic carbocycles. The van der Waals surface area contributed by atoms with E-state index in [1.54, 1.807) is 11.3 Å². The first-order chi connectivity index (χ1) is 11.5. The molecule has 136 valence electrons. The first-order valence-corrected chi connectivity index (χ1v) is 11.1. The van der Waals surface area contributed by atoms with Gasteiger partial charge in [-0.05, 0) is 48.1 Å². The Morgan fingerprint density at radius 3 is 2.83 bits per heavy atom. The molecule has 1 aliphatic rings. The van der Waals surface area contributed by atoms with Crippen LogP contribution < -0.4 is 10.0 Å². The van der Waals surface area contributed by atoms with Crippen LogP contribution in [0.4, 0.5) is 0 Å². The average molecular weight is 373 g/mol. The molecule has 1 fully saturated rings. The van der Waals surface area contributed by atoms with E-state index < -0.39 is 10.0 Å². The minimum Gasteiger partial charge on any atom is -0.357 e. The van der Waals surface area contributed by atoms with E-state index in [0.717, 1.165) is 31.9 Å². The molecule has 1 aromatic rings. The monoisotopic (exact) mass is 372 g/mol. The largest absolute Gasteiger partial charge is 0.357 e. The van der Waals surface area contributed by atoms with E-state index in [0.29, 0.717) is 12.5 Å². The Morgan fingerprint density at radius 1 is 1.46 bits per heavy atom. The summed E-state index contributed by atoms with van der Waals surface area (Å²) in [6.07, 6.45) is 3.50. The molecule has 1 aromatic heterocycles. The van der Waals surface area contributed by atoms with Gasteiger partial charge in [0.25, 0.3) is 0 Å². The van der Waals surface area contributed by atoms with Crippen molar-refractivity contribution in [2.24, 2.45) is 10.9 Å². The van der Waals surface area contributed by atoms with Gasteiger partial charge in [-0.2, -0.15) is 11.3 Å². The van der Waals surface area contributed by atoms with Crippen LogP contribution in [0.25, 0.3) is 0 Å². The number of hydrogen-bond acceptors (Lipinski definition) is 4. The molecule has 1 heterocycles. The smallest absolute Gasteiger partial charge is 0.213 e. The number of sulfonamides is 1. The lowest BCUT2D eigenvalue weighted by molar-refractivity contribution is 0.316. The van der Waals surface area contributed by atoms with Crippen molar-refractivity contribution in [2.75, 3.05) is 32.4 Å². The van der Waals surface area contributed by atoms with E-state index in [1.165, 1.54) is 12.0 Å². The van der Waals surface area contributed by atoms with Crippen molar-refractivity contribution in [3.8, 4) is 0 Å². The Labute approximate surface area is 149 Å². The molecule has 0 spiro atoms. The van der Waals surface area contributed by atoms with Crippen LogP contribution in [0.15, 0.2) is 21.8 Å². The van der Waals surface area contributed by atoms with Gasteiger partial charge >= 0.3 is 0 Å². The van der Waals surface area contributed by atoms with Crippen LogP contribution in [-0.4, -0.2) is 51.7 Å². The summed E-state index contributed by atoms with van der Waals surface area (Å²) < 4.78 is 26.8. The van der Waals surface area contributed by atoms with Gasteiger partial charge in [-0.3, -0.25) is 4.99 Å². The number of rotatable bonds is 9. The number of nitrogens with one attached hydrogen (secondary N) is 2. The van der Waals surface area contributed by atoms with Gasteiger partial charge in [0.1, 0.15) is 0 Å². The highest BCUT2D eigenvalue weighted by Gasteiger charge is 2.20. The number of guanidine groups is 1. The lowest BCUT2D eigenvalue weighted by Crippen LogP contribution is -2.39. The summed E-state index contributed by atoms with van der Waals surface area (Å²) in [6, 6.07) is 2.08.